The molecule has 106 valence electrons. The van der Waals surface area contributed by atoms with Gasteiger partial charge in [0.1, 0.15) is 11.9 Å². The molecule has 1 aromatic rings. The molecule has 0 aliphatic rings. The van der Waals surface area contributed by atoms with Crippen LogP contribution in [0.5, 0.6) is 5.75 Å². The molecule has 19 heavy (non-hydrogen) atoms. The van der Waals surface area contributed by atoms with Crippen molar-refractivity contribution in [1.82, 2.24) is 5.32 Å². The second kappa shape index (κ2) is 6.57. The van der Waals surface area contributed by atoms with Gasteiger partial charge in [-0.1, -0.05) is 39.0 Å². The van der Waals surface area contributed by atoms with Crippen molar-refractivity contribution in [1.29, 1.82) is 0 Å². The van der Waals surface area contributed by atoms with Crippen molar-refractivity contribution in [3.8, 4) is 5.75 Å². The molecule has 0 saturated carbocycles. The van der Waals surface area contributed by atoms with Crippen LogP contribution >= 0.6 is 0 Å². The molecule has 0 fully saturated rings. The van der Waals surface area contributed by atoms with Crippen molar-refractivity contribution in [3.05, 3.63) is 29.8 Å². The number of para-hydroxylation sites is 1. The van der Waals surface area contributed by atoms with E-state index in [1.807, 2.05) is 45.0 Å². The Balaban J connectivity index is 2.76. The van der Waals surface area contributed by atoms with Gasteiger partial charge >= 0.3 is 0 Å². The predicted molar refractivity (Wildman–Crippen MR) is 75.2 cm³/mol. The Kier molecular flexibility index (Phi) is 5.36. The van der Waals surface area contributed by atoms with E-state index in [4.69, 9.17) is 9.47 Å². The van der Waals surface area contributed by atoms with Crippen molar-refractivity contribution in [2.75, 3.05) is 20.8 Å². The Morgan fingerprint density at radius 3 is 2.42 bits per heavy atom. The van der Waals surface area contributed by atoms with Gasteiger partial charge in [-0.15, -0.1) is 0 Å². The van der Waals surface area contributed by atoms with E-state index in [0.29, 0.717) is 6.54 Å². The van der Waals surface area contributed by atoms with E-state index in [9.17, 15) is 4.79 Å². The predicted octanol–water partition coefficient (Wildman–Crippen LogP) is 2.55. The van der Waals surface area contributed by atoms with Gasteiger partial charge in [0, 0.05) is 24.6 Å². The van der Waals surface area contributed by atoms with Gasteiger partial charge in [-0.25, -0.2) is 0 Å². The van der Waals surface area contributed by atoms with E-state index in [1.54, 1.807) is 14.2 Å². The molecule has 1 rings (SSSR count). The van der Waals surface area contributed by atoms with Gasteiger partial charge in [0.05, 0.1) is 7.11 Å². The Hall–Kier alpha value is -1.55. The number of carbonyl (C=O) groups excluding carboxylic acids is 1. The number of benzene rings is 1. The lowest BCUT2D eigenvalue weighted by atomic mass is 9.95. The first kappa shape index (κ1) is 15.5. The number of methoxy groups -OCH3 is 2. The number of amides is 1. The van der Waals surface area contributed by atoms with Crippen molar-refractivity contribution >= 4 is 5.91 Å². The quantitative estimate of drug-likeness (QED) is 0.890. The van der Waals surface area contributed by atoms with E-state index in [1.165, 1.54) is 0 Å². The maximum absolute atomic E-state index is 11.9. The van der Waals surface area contributed by atoms with Crippen LogP contribution in [-0.2, 0) is 9.53 Å². The fourth-order valence-corrected chi connectivity index (χ4v) is 1.70. The van der Waals surface area contributed by atoms with Crippen LogP contribution in [0.15, 0.2) is 24.3 Å². The number of rotatable bonds is 5. The number of hydrogen-bond donors (Lipinski definition) is 1. The Bertz CT molecular complexity index is 424. The molecule has 0 spiro atoms. The molecule has 0 unspecified atom stereocenters. The van der Waals surface area contributed by atoms with Gasteiger partial charge in [-0.05, 0) is 6.07 Å². The van der Waals surface area contributed by atoms with Gasteiger partial charge in [0.15, 0.2) is 0 Å². The van der Waals surface area contributed by atoms with Crippen LogP contribution in [0.4, 0.5) is 0 Å². The van der Waals surface area contributed by atoms with Crippen LogP contribution in [0, 0.1) is 5.41 Å². The van der Waals surface area contributed by atoms with Crippen LogP contribution in [0.3, 0.4) is 0 Å². The average Bonchev–Trinajstić information content (AvgIpc) is 2.38. The number of hydrogen-bond acceptors (Lipinski definition) is 3. The summed E-state index contributed by atoms with van der Waals surface area (Å²) in [7, 11) is 3.25. The lowest BCUT2D eigenvalue weighted by Crippen LogP contribution is -2.37. The summed E-state index contributed by atoms with van der Waals surface area (Å²) >= 11 is 0. The van der Waals surface area contributed by atoms with Crippen molar-refractivity contribution in [2.24, 2.45) is 5.41 Å². The molecule has 0 radical (unpaired) electrons. The second-order valence-corrected chi connectivity index (χ2v) is 5.43. The van der Waals surface area contributed by atoms with E-state index < -0.39 is 5.41 Å². The molecular weight excluding hydrogens is 242 g/mol. The lowest BCUT2D eigenvalue weighted by Gasteiger charge is -2.22. The molecule has 1 amide bonds. The first-order chi connectivity index (χ1) is 8.90. The van der Waals surface area contributed by atoms with Crippen molar-refractivity contribution < 1.29 is 14.3 Å². The van der Waals surface area contributed by atoms with Crippen molar-refractivity contribution in [3.63, 3.8) is 0 Å². The molecule has 4 heteroatoms. The second-order valence-electron chi connectivity index (χ2n) is 5.43. The van der Waals surface area contributed by atoms with Gasteiger partial charge in [-0.3, -0.25) is 4.79 Å². The molecule has 0 saturated heterocycles. The monoisotopic (exact) mass is 265 g/mol. The minimum atomic E-state index is -0.404. The highest BCUT2D eigenvalue weighted by Crippen LogP contribution is 2.26. The molecule has 4 nitrogen and oxygen atoms in total. The van der Waals surface area contributed by atoms with Gasteiger partial charge in [-0.2, -0.15) is 0 Å². The maximum atomic E-state index is 11.9. The highest BCUT2D eigenvalue weighted by molar-refractivity contribution is 5.81. The van der Waals surface area contributed by atoms with Crippen LogP contribution in [-0.4, -0.2) is 26.7 Å². The molecule has 1 aromatic carbocycles. The van der Waals surface area contributed by atoms with Gasteiger partial charge in [0.25, 0.3) is 0 Å². The SMILES string of the molecule is COc1ccccc1[C@@H](CNC(=O)C(C)(C)C)OC. The standard InChI is InChI=1S/C15H23NO3/c1-15(2,3)14(17)16-10-13(19-5)11-8-6-7-9-12(11)18-4/h6-9,13H,10H2,1-5H3,(H,16,17)/t13-/m1/s1. The fourth-order valence-electron chi connectivity index (χ4n) is 1.70. The van der Waals surface area contributed by atoms with Crippen LogP contribution in [0.25, 0.3) is 0 Å². The zero-order valence-electron chi connectivity index (χ0n) is 12.3. The summed E-state index contributed by atoms with van der Waals surface area (Å²) in [4.78, 5) is 11.9. The van der Waals surface area contributed by atoms with E-state index >= 15 is 0 Å². The van der Waals surface area contributed by atoms with Crippen molar-refractivity contribution in [2.45, 2.75) is 26.9 Å². The fraction of sp³-hybridized carbons (Fsp3) is 0.533. The number of carbonyl (C=O) groups is 1. The highest BCUT2D eigenvalue weighted by Gasteiger charge is 2.23. The number of nitrogens with one attached hydrogen (secondary N) is 1. The summed E-state index contributed by atoms with van der Waals surface area (Å²) in [5.74, 6) is 0.767. The largest absolute Gasteiger partial charge is 0.496 e. The summed E-state index contributed by atoms with van der Waals surface area (Å²) < 4.78 is 10.8. The van der Waals surface area contributed by atoms with Crippen LogP contribution in [0.1, 0.15) is 32.4 Å². The van der Waals surface area contributed by atoms with Crippen LogP contribution < -0.4 is 10.1 Å². The normalized spacial score (nSPS) is 12.9. The number of ether oxygens (including phenoxy) is 2. The molecule has 0 aromatic heterocycles. The Morgan fingerprint density at radius 2 is 1.89 bits per heavy atom. The van der Waals surface area contributed by atoms with Gasteiger partial charge in [0.2, 0.25) is 5.91 Å². The zero-order chi connectivity index (χ0) is 14.5. The molecule has 1 atom stereocenters. The first-order valence-corrected chi connectivity index (χ1v) is 6.34. The molecule has 0 aliphatic heterocycles. The third-order valence-corrected chi connectivity index (χ3v) is 2.90. The molecule has 0 aliphatic carbocycles. The van der Waals surface area contributed by atoms with Gasteiger partial charge < -0.3 is 14.8 Å². The first-order valence-electron chi connectivity index (χ1n) is 6.34. The maximum Gasteiger partial charge on any atom is 0.225 e. The summed E-state index contributed by atoms with van der Waals surface area (Å²) in [6, 6.07) is 7.65. The summed E-state index contributed by atoms with van der Waals surface area (Å²) in [6.45, 7) is 6.07. The molecule has 0 heterocycles. The van der Waals surface area contributed by atoms with Crippen LogP contribution in [0.2, 0.25) is 0 Å². The topological polar surface area (TPSA) is 47.6 Å². The molecule has 1 N–H and O–H groups in total. The molecular formula is C15H23NO3. The Morgan fingerprint density at radius 1 is 1.26 bits per heavy atom. The smallest absolute Gasteiger partial charge is 0.225 e. The highest BCUT2D eigenvalue weighted by atomic mass is 16.5. The minimum Gasteiger partial charge on any atom is -0.496 e. The van der Waals surface area contributed by atoms with E-state index in [2.05, 4.69) is 5.32 Å². The molecule has 0 bridgehead atoms. The minimum absolute atomic E-state index is 0.00412. The zero-order valence-corrected chi connectivity index (χ0v) is 12.3. The lowest BCUT2D eigenvalue weighted by molar-refractivity contribution is -0.129. The third kappa shape index (κ3) is 4.24. The van der Waals surface area contributed by atoms with E-state index in [0.717, 1.165) is 11.3 Å². The summed E-state index contributed by atoms with van der Waals surface area (Å²) in [5, 5.41) is 2.90. The summed E-state index contributed by atoms with van der Waals surface area (Å²) in [6.07, 6.45) is -0.220. The third-order valence-electron chi connectivity index (χ3n) is 2.90. The Labute approximate surface area is 115 Å². The average molecular weight is 265 g/mol. The summed E-state index contributed by atoms with van der Waals surface area (Å²) in [5.41, 5.74) is 0.528. The van der Waals surface area contributed by atoms with E-state index in [-0.39, 0.29) is 12.0 Å².